The summed E-state index contributed by atoms with van der Waals surface area (Å²) in [5.41, 5.74) is 5.13. The second-order valence-electron chi connectivity index (χ2n) is 13.0. The summed E-state index contributed by atoms with van der Waals surface area (Å²) >= 11 is 0. The number of rotatable bonds is 4. The molecule has 0 N–H and O–H groups in total. The largest absolute Gasteiger partial charge is 0.456 e. The van der Waals surface area contributed by atoms with Gasteiger partial charge in [0.2, 0.25) is 0 Å². The smallest absolute Gasteiger partial charge is 0.136 e. The summed E-state index contributed by atoms with van der Waals surface area (Å²) < 4.78 is 122. The van der Waals surface area contributed by atoms with Gasteiger partial charge < -0.3 is 4.42 Å². The Morgan fingerprint density at radius 2 is 0.849 bits per heavy atom. The first-order valence-electron chi connectivity index (χ1n) is 23.7. The topological polar surface area (TPSA) is 13.1 Å². The molecule has 0 fully saturated rings. The lowest BCUT2D eigenvalue weighted by Gasteiger charge is -2.18. The van der Waals surface area contributed by atoms with Crippen LogP contribution >= 0.6 is 0 Å². The van der Waals surface area contributed by atoms with Crippen LogP contribution in [0, 0.1) is 0 Å². The van der Waals surface area contributed by atoms with Gasteiger partial charge in [0.25, 0.3) is 0 Å². The van der Waals surface area contributed by atoms with Gasteiger partial charge in [-0.1, -0.05) is 170 Å². The van der Waals surface area contributed by atoms with Gasteiger partial charge in [-0.15, -0.1) is 0 Å². The third-order valence-corrected chi connectivity index (χ3v) is 10.2. The Labute approximate surface area is 325 Å². The molecular formula is C52H32O. The second kappa shape index (κ2) is 11.8. The molecule has 0 unspecified atom stereocenters. The summed E-state index contributed by atoms with van der Waals surface area (Å²) in [6.45, 7) is 0. The van der Waals surface area contributed by atoms with Gasteiger partial charge in [0, 0.05) is 10.8 Å². The molecule has 0 aliphatic heterocycles. The third kappa shape index (κ3) is 4.64. The van der Waals surface area contributed by atoms with Gasteiger partial charge in [0.1, 0.15) is 11.2 Å². The van der Waals surface area contributed by atoms with Crippen molar-refractivity contribution in [3.8, 4) is 44.5 Å². The number of hydrogen-bond acceptors (Lipinski definition) is 1. The first-order valence-corrected chi connectivity index (χ1v) is 17.2. The molecule has 0 spiro atoms. The maximum Gasteiger partial charge on any atom is 0.136 e. The van der Waals surface area contributed by atoms with Crippen molar-refractivity contribution in [2.24, 2.45) is 0 Å². The monoisotopic (exact) mass is 685 g/mol. The fourth-order valence-corrected chi connectivity index (χ4v) is 7.90. The van der Waals surface area contributed by atoms with Crippen LogP contribution in [0.3, 0.4) is 0 Å². The van der Waals surface area contributed by atoms with E-state index in [0.29, 0.717) is 5.56 Å². The highest BCUT2D eigenvalue weighted by atomic mass is 16.3. The molecule has 10 aromatic carbocycles. The molecule has 1 heterocycles. The third-order valence-electron chi connectivity index (χ3n) is 10.2. The lowest BCUT2D eigenvalue weighted by atomic mass is 9.85. The number of furan rings is 1. The zero-order valence-corrected chi connectivity index (χ0v) is 27.9. The van der Waals surface area contributed by atoms with Crippen molar-refractivity contribution in [2.45, 2.75) is 0 Å². The fourth-order valence-electron chi connectivity index (χ4n) is 7.90. The molecule has 0 saturated heterocycles. The van der Waals surface area contributed by atoms with E-state index in [1.807, 2.05) is 60.7 Å². The first-order chi connectivity index (χ1) is 31.7. The normalized spacial score (nSPS) is 15.2. The maximum absolute atomic E-state index is 9.31. The van der Waals surface area contributed by atoms with Crippen LogP contribution in [0.15, 0.2) is 198 Å². The van der Waals surface area contributed by atoms with Crippen molar-refractivity contribution in [1.29, 1.82) is 0 Å². The predicted octanol–water partition coefficient (Wildman–Crippen LogP) is 14.9. The summed E-state index contributed by atoms with van der Waals surface area (Å²) in [5, 5.41) is 4.96. The molecular weight excluding hydrogens is 641 g/mol. The molecule has 0 aliphatic carbocycles. The van der Waals surface area contributed by atoms with Gasteiger partial charge in [-0.25, -0.2) is 0 Å². The molecule has 0 radical (unpaired) electrons. The molecule has 1 heteroatoms. The van der Waals surface area contributed by atoms with E-state index in [9.17, 15) is 5.48 Å². The van der Waals surface area contributed by atoms with Crippen LogP contribution in [0.5, 0.6) is 0 Å². The van der Waals surface area contributed by atoms with Crippen molar-refractivity contribution in [3.63, 3.8) is 0 Å². The lowest BCUT2D eigenvalue weighted by molar-refractivity contribution is 0.669. The van der Waals surface area contributed by atoms with Gasteiger partial charge in [-0.05, 0) is 112 Å². The van der Waals surface area contributed by atoms with E-state index >= 15 is 0 Å². The van der Waals surface area contributed by atoms with Crippen LogP contribution in [0.25, 0.3) is 110 Å². The van der Waals surface area contributed by atoms with Gasteiger partial charge in [0.05, 0.1) is 17.8 Å². The van der Waals surface area contributed by atoms with Crippen LogP contribution in [-0.2, 0) is 0 Å². The first kappa shape index (κ1) is 19.6. The number of hydrogen-bond donors (Lipinski definition) is 0. The minimum absolute atomic E-state index is 0.0803. The zero-order chi connectivity index (χ0) is 46.2. The predicted molar refractivity (Wildman–Crippen MR) is 225 cm³/mol. The number of benzene rings is 10. The van der Waals surface area contributed by atoms with Crippen LogP contribution < -0.4 is 0 Å². The van der Waals surface area contributed by atoms with Crippen molar-refractivity contribution in [1.82, 2.24) is 0 Å². The van der Waals surface area contributed by atoms with Gasteiger partial charge in [-0.3, -0.25) is 0 Å². The Morgan fingerprint density at radius 1 is 0.340 bits per heavy atom. The van der Waals surface area contributed by atoms with E-state index in [2.05, 4.69) is 42.5 Å². The van der Waals surface area contributed by atoms with Crippen LogP contribution in [0.1, 0.15) is 17.8 Å². The Hall–Kier alpha value is -6.96. The SMILES string of the molecule is [2H]c1c([2H])c([2H])c(-c2c3c([2H])c([2H])c([2H])c([2H])c3c(-c3ccc4cc(-c5cccc6oc7cccc(-c8cccc9ccccc89)c7c56)ccc4c3)c3c([2H])c([2H])c([2H])c([2H])c23)c([2H])c1[2H]. The van der Waals surface area contributed by atoms with Gasteiger partial charge in [-0.2, -0.15) is 0 Å². The zero-order valence-electron chi connectivity index (χ0n) is 40.9. The van der Waals surface area contributed by atoms with Crippen LogP contribution in [0.2, 0.25) is 0 Å². The Morgan fingerprint density at radius 3 is 1.55 bits per heavy atom. The average Bonchev–Trinajstić information content (AvgIpc) is 3.73. The summed E-state index contributed by atoms with van der Waals surface area (Å²) in [6.07, 6.45) is 0. The van der Waals surface area contributed by atoms with E-state index < -0.39 is 84.1 Å². The molecule has 1 aromatic heterocycles. The van der Waals surface area contributed by atoms with Gasteiger partial charge in [0.15, 0.2) is 0 Å². The quantitative estimate of drug-likeness (QED) is 0.168. The van der Waals surface area contributed by atoms with E-state index in [1.165, 1.54) is 0 Å². The molecule has 0 aliphatic rings. The van der Waals surface area contributed by atoms with E-state index in [-0.39, 0.29) is 32.7 Å². The van der Waals surface area contributed by atoms with Crippen LogP contribution in [0.4, 0.5) is 0 Å². The highest BCUT2D eigenvalue weighted by Crippen LogP contribution is 2.46. The molecule has 53 heavy (non-hydrogen) atoms. The molecule has 0 amide bonds. The fraction of sp³-hybridized carbons (Fsp3) is 0. The molecule has 0 saturated carbocycles. The van der Waals surface area contributed by atoms with Crippen LogP contribution in [-0.4, -0.2) is 0 Å². The molecule has 0 bridgehead atoms. The maximum atomic E-state index is 9.31. The second-order valence-corrected chi connectivity index (χ2v) is 13.0. The summed E-state index contributed by atoms with van der Waals surface area (Å²) in [7, 11) is 0. The summed E-state index contributed by atoms with van der Waals surface area (Å²) in [4.78, 5) is 0. The van der Waals surface area contributed by atoms with Crippen molar-refractivity contribution < 1.29 is 22.2 Å². The molecule has 11 aromatic rings. The summed E-state index contributed by atoms with van der Waals surface area (Å²) in [5.74, 6) is 0. The van der Waals surface area contributed by atoms with E-state index in [1.54, 1.807) is 12.1 Å². The minimum Gasteiger partial charge on any atom is -0.456 e. The van der Waals surface area contributed by atoms with Crippen molar-refractivity contribution in [3.05, 3.63) is 194 Å². The Balaban J connectivity index is 1.18. The van der Waals surface area contributed by atoms with Gasteiger partial charge >= 0.3 is 0 Å². The highest BCUT2D eigenvalue weighted by molar-refractivity contribution is 6.22. The minimum atomic E-state index is -0.714. The average molecular weight is 686 g/mol. The Kier molecular flexibility index (Phi) is 4.36. The summed E-state index contributed by atoms with van der Waals surface area (Å²) in [6, 6.07) is 29.6. The standard InChI is InChI=1S/C52H32O/c1-2-14-34(15-3-1)49-43-18-6-8-20-45(43)50(46-21-9-7-19-44(46)49)38-30-28-35-31-37(29-27-36(35)32-38)40-22-11-25-47-51(40)52-42(24-12-26-48(52)53-47)41-23-10-16-33-13-4-5-17-39(33)41/h1-32H/i1D,2D,3D,6D,7D,8D,9D,14D,15D,18D,19D,20D,21D. The molecule has 246 valence electrons. The Bertz CT molecular complexity index is 3870. The molecule has 1 nitrogen and oxygen atoms in total. The van der Waals surface area contributed by atoms with Crippen molar-refractivity contribution >= 4 is 65.0 Å². The lowest BCUT2D eigenvalue weighted by Crippen LogP contribution is -1.91. The highest BCUT2D eigenvalue weighted by Gasteiger charge is 2.19. The molecule has 0 atom stereocenters. The van der Waals surface area contributed by atoms with E-state index in [0.717, 1.165) is 65.7 Å². The number of fused-ring (bicyclic) bond motifs is 7. The van der Waals surface area contributed by atoms with E-state index in [4.69, 9.17) is 16.8 Å². The van der Waals surface area contributed by atoms with Crippen molar-refractivity contribution in [2.75, 3.05) is 0 Å². The molecule has 11 rings (SSSR count).